The molecule has 0 fully saturated rings. The Kier molecular flexibility index (Phi) is 1.76. The van der Waals surface area contributed by atoms with E-state index in [4.69, 9.17) is 6.42 Å². The lowest BCUT2D eigenvalue weighted by Gasteiger charge is -2.01. The Morgan fingerprint density at radius 3 is 2.67 bits per heavy atom. The van der Waals surface area contributed by atoms with Gasteiger partial charge in [0, 0.05) is 20.1 Å². The fourth-order valence-electron chi connectivity index (χ4n) is 1.43. The zero-order valence-electron chi connectivity index (χ0n) is 8.26. The molecule has 0 radical (unpaired) electrons. The van der Waals surface area contributed by atoms with Crippen molar-refractivity contribution in [2.24, 2.45) is 14.1 Å². The van der Waals surface area contributed by atoms with E-state index in [2.05, 4.69) is 11.0 Å². The van der Waals surface area contributed by atoms with Crippen LogP contribution < -0.4 is 11.2 Å². The molecule has 0 aliphatic rings. The van der Waals surface area contributed by atoms with Crippen molar-refractivity contribution in [3.8, 4) is 12.5 Å². The first-order chi connectivity index (χ1) is 7.07. The quantitative estimate of drug-likeness (QED) is 0.510. The van der Waals surface area contributed by atoms with Gasteiger partial charge >= 0.3 is 5.69 Å². The number of nitrogens with zero attached hydrogens (tertiary/aromatic N) is 4. The van der Waals surface area contributed by atoms with E-state index in [-0.39, 0.29) is 5.65 Å². The predicted octanol–water partition coefficient (Wildman–Crippen LogP) is -1.13. The molecule has 0 saturated carbocycles. The summed E-state index contributed by atoms with van der Waals surface area (Å²) in [6.45, 7) is 0. The van der Waals surface area contributed by atoms with Crippen molar-refractivity contribution >= 4 is 11.2 Å². The van der Waals surface area contributed by atoms with Crippen molar-refractivity contribution < 1.29 is 0 Å². The zero-order chi connectivity index (χ0) is 11.2. The summed E-state index contributed by atoms with van der Waals surface area (Å²) < 4.78 is 3.51. The normalized spacial score (nSPS) is 10.5. The lowest BCUT2D eigenvalue weighted by molar-refractivity contribution is 0.752. The third kappa shape index (κ3) is 1.03. The highest BCUT2D eigenvalue weighted by molar-refractivity contribution is 5.70. The molecule has 2 rings (SSSR count). The summed E-state index contributed by atoms with van der Waals surface area (Å²) >= 11 is 0. The van der Waals surface area contributed by atoms with Crippen LogP contribution in [0.4, 0.5) is 0 Å². The SMILES string of the molecule is C#Cn1c(=O)n(C)c(=O)c2c1ncn2C. The minimum Gasteiger partial charge on any atom is -0.328 e. The molecular formula is C9H8N4O2. The third-order valence-electron chi connectivity index (χ3n) is 2.24. The minimum atomic E-state index is -0.561. The molecule has 0 unspecified atom stereocenters. The maximum atomic E-state index is 11.7. The first kappa shape index (κ1) is 9.27. The minimum absolute atomic E-state index is 0.216. The number of fused-ring (bicyclic) bond motifs is 1. The van der Waals surface area contributed by atoms with Crippen LogP contribution >= 0.6 is 0 Å². The molecule has 76 valence electrons. The molecule has 0 aliphatic carbocycles. The summed E-state index contributed by atoms with van der Waals surface area (Å²) in [7, 11) is 3.05. The first-order valence-corrected chi connectivity index (χ1v) is 4.17. The van der Waals surface area contributed by atoms with Crippen molar-refractivity contribution in [3.05, 3.63) is 27.2 Å². The van der Waals surface area contributed by atoms with Gasteiger partial charge in [-0.15, -0.1) is 0 Å². The number of aromatic nitrogens is 4. The van der Waals surface area contributed by atoms with Crippen LogP contribution in [0.3, 0.4) is 0 Å². The molecule has 0 aliphatic heterocycles. The standard InChI is InChI=1S/C9H8N4O2/c1-4-13-7-6(11(2)5-10-7)8(14)12(3)9(13)15/h1,5H,2-3H3. The molecule has 6 heteroatoms. The molecule has 0 spiro atoms. The van der Waals surface area contributed by atoms with Gasteiger partial charge in [0.1, 0.15) is 0 Å². The highest BCUT2D eigenvalue weighted by Gasteiger charge is 2.13. The smallest absolute Gasteiger partial charge is 0.328 e. The highest BCUT2D eigenvalue weighted by atomic mass is 16.2. The number of imidazole rings is 1. The summed E-state index contributed by atoms with van der Waals surface area (Å²) in [5.41, 5.74) is -0.432. The largest absolute Gasteiger partial charge is 0.344 e. The van der Waals surface area contributed by atoms with Crippen LogP contribution in [0.5, 0.6) is 0 Å². The van der Waals surface area contributed by atoms with Crippen molar-refractivity contribution in [2.45, 2.75) is 0 Å². The van der Waals surface area contributed by atoms with Crippen molar-refractivity contribution in [1.82, 2.24) is 18.7 Å². The molecule has 2 heterocycles. The van der Waals surface area contributed by atoms with Crippen LogP contribution in [0.25, 0.3) is 11.2 Å². The van der Waals surface area contributed by atoms with Crippen molar-refractivity contribution in [3.63, 3.8) is 0 Å². The second kappa shape index (κ2) is 2.85. The van der Waals surface area contributed by atoms with Gasteiger partial charge < -0.3 is 4.57 Å². The van der Waals surface area contributed by atoms with Gasteiger partial charge in [-0.25, -0.2) is 14.3 Å². The van der Waals surface area contributed by atoms with Gasteiger partial charge in [0.15, 0.2) is 11.2 Å². The van der Waals surface area contributed by atoms with Crippen LogP contribution in [0.15, 0.2) is 15.9 Å². The van der Waals surface area contributed by atoms with E-state index in [1.807, 2.05) is 0 Å². The van der Waals surface area contributed by atoms with Crippen molar-refractivity contribution in [1.29, 1.82) is 0 Å². The second-order valence-electron chi connectivity index (χ2n) is 3.14. The van der Waals surface area contributed by atoms with Crippen LogP contribution in [0, 0.1) is 12.5 Å². The average molecular weight is 204 g/mol. The van der Waals surface area contributed by atoms with Crippen LogP contribution in [-0.2, 0) is 14.1 Å². The van der Waals surface area contributed by atoms with Gasteiger partial charge in [0.25, 0.3) is 5.56 Å². The molecule has 0 amide bonds. The summed E-state index contributed by atoms with van der Waals surface area (Å²) in [5.74, 6) is 0. The van der Waals surface area contributed by atoms with Gasteiger partial charge in [-0.1, -0.05) is 6.42 Å². The van der Waals surface area contributed by atoms with Crippen molar-refractivity contribution in [2.75, 3.05) is 0 Å². The van der Waals surface area contributed by atoms with E-state index in [1.54, 1.807) is 7.05 Å². The van der Waals surface area contributed by atoms with E-state index in [1.165, 1.54) is 17.9 Å². The maximum Gasteiger partial charge on any atom is 0.344 e. The van der Waals surface area contributed by atoms with E-state index >= 15 is 0 Å². The van der Waals surface area contributed by atoms with Crippen LogP contribution in [-0.4, -0.2) is 18.7 Å². The number of aryl methyl sites for hydroxylation is 1. The molecule has 0 aromatic carbocycles. The second-order valence-corrected chi connectivity index (χ2v) is 3.14. The Morgan fingerprint density at radius 2 is 2.07 bits per heavy atom. The van der Waals surface area contributed by atoms with Crippen LogP contribution in [0.1, 0.15) is 0 Å². The monoisotopic (exact) mass is 204 g/mol. The Labute approximate surface area is 84.4 Å². The number of hydrogen-bond acceptors (Lipinski definition) is 3. The molecule has 0 saturated heterocycles. The highest BCUT2D eigenvalue weighted by Crippen LogP contribution is 2.02. The molecule has 15 heavy (non-hydrogen) atoms. The fourth-order valence-corrected chi connectivity index (χ4v) is 1.43. The lowest BCUT2D eigenvalue weighted by atomic mass is 10.5. The van der Waals surface area contributed by atoms with Gasteiger partial charge in [-0.05, 0) is 0 Å². The molecular weight excluding hydrogens is 196 g/mol. The molecule has 2 aromatic heterocycles. The van der Waals surface area contributed by atoms with E-state index in [0.29, 0.717) is 5.52 Å². The van der Waals surface area contributed by atoms with Gasteiger partial charge in [0.2, 0.25) is 0 Å². The first-order valence-electron chi connectivity index (χ1n) is 4.17. The number of hydrogen-bond donors (Lipinski definition) is 0. The zero-order valence-corrected chi connectivity index (χ0v) is 8.26. The summed E-state index contributed by atoms with van der Waals surface area (Å²) in [4.78, 5) is 27.2. The Balaban J connectivity index is 3.24. The van der Waals surface area contributed by atoms with E-state index < -0.39 is 11.2 Å². The summed E-state index contributed by atoms with van der Waals surface area (Å²) in [5, 5.41) is 0. The molecule has 6 nitrogen and oxygen atoms in total. The summed E-state index contributed by atoms with van der Waals surface area (Å²) in [6, 6.07) is 2.19. The van der Waals surface area contributed by atoms with Gasteiger partial charge in [-0.3, -0.25) is 9.36 Å². The van der Waals surface area contributed by atoms with Gasteiger partial charge in [0.05, 0.1) is 6.33 Å². The number of terminal acetylenes is 1. The maximum absolute atomic E-state index is 11.7. The Morgan fingerprint density at radius 1 is 1.40 bits per heavy atom. The van der Waals surface area contributed by atoms with Gasteiger partial charge in [-0.2, -0.15) is 0 Å². The average Bonchev–Trinajstić information content (AvgIpc) is 2.58. The predicted molar refractivity (Wildman–Crippen MR) is 54.4 cm³/mol. The molecule has 2 aromatic rings. The molecule has 0 bridgehead atoms. The summed E-state index contributed by atoms with van der Waals surface area (Å²) in [6.07, 6.45) is 6.64. The topological polar surface area (TPSA) is 61.8 Å². The lowest BCUT2D eigenvalue weighted by Crippen LogP contribution is -2.37. The Hall–Kier alpha value is -2.29. The Bertz CT molecular complexity index is 696. The fraction of sp³-hybridized carbons (Fsp3) is 0.222. The van der Waals surface area contributed by atoms with Crippen LogP contribution in [0.2, 0.25) is 0 Å². The van der Waals surface area contributed by atoms with E-state index in [9.17, 15) is 9.59 Å². The van der Waals surface area contributed by atoms with E-state index in [0.717, 1.165) is 9.13 Å². The molecule has 0 atom stereocenters. The molecule has 0 N–H and O–H groups in total. The number of rotatable bonds is 0. The third-order valence-corrected chi connectivity index (χ3v) is 2.24.